The molecule has 0 aliphatic carbocycles. The first kappa shape index (κ1) is 11.4. The Labute approximate surface area is 104 Å². The molecule has 2 atom stereocenters. The number of rotatable bonds is 2. The lowest BCUT2D eigenvalue weighted by atomic mass is 10.3. The van der Waals surface area contributed by atoms with Gasteiger partial charge in [0.15, 0.2) is 0 Å². The summed E-state index contributed by atoms with van der Waals surface area (Å²) in [5.41, 5.74) is 0. The predicted molar refractivity (Wildman–Crippen MR) is 66.5 cm³/mol. The minimum atomic E-state index is -0.766. The molecule has 1 saturated heterocycles. The number of carbonyl (C=O) groups is 1. The number of carboxylic acids is 1. The van der Waals surface area contributed by atoms with Crippen molar-refractivity contribution in [1.29, 1.82) is 0 Å². The number of hydrogen-bond donors (Lipinski definition) is 2. The third-order valence-corrected chi connectivity index (χ3v) is 5.81. The molecule has 1 aliphatic rings. The summed E-state index contributed by atoms with van der Waals surface area (Å²) < 4.78 is 1.10. The molecule has 82 valence electrons. The molecule has 1 aromatic rings. The zero-order chi connectivity index (χ0) is 11.0. The van der Waals surface area contributed by atoms with Crippen molar-refractivity contribution in [1.82, 2.24) is 5.32 Å². The zero-order valence-electron chi connectivity index (χ0n) is 7.99. The molecule has 1 unspecified atom stereocenters. The topological polar surface area (TPSA) is 49.3 Å². The van der Waals surface area contributed by atoms with Gasteiger partial charge in [0.25, 0.3) is 0 Å². The van der Waals surface area contributed by atoms with Crippen LogP contribution in [-0.2, 0) is 4.79 Å². The highest BCUT2D eigenvalue weighted by atomic mass is 79.9. The Bertz CT molecular complexity index is 374. The third-order valence-electron chi connectivity index (χ3n) is 2.21. The van der Waals surface area contributed by atoms with E-state index >= 15 is 0 Å². The maximum Gasteiger partial charge on any atom is 0.321 e. The largest absolute Gasteiger partial charge is 0.480 e. The highest BCUT2D eigenvalue weighted by Gasteiger charge is 2.31. The van der Waals surface area contributed by atoms with E-state index in [-0.39, 0.29) is 5.37 Å². The van der Waals surface area contributed by atoms with E-state index in [1.54, 1.807) is 23.1 Å². The van der Waals surface area contributed by atoms with Gasteiger partial charge in [-0.15, -0.1) is 23.1 Å². The van der Waals surface area contributed by atoms with E-state index in [0.717, 1.165) is 4.47 Å². The van der Waals surface area contributed by atoms with Crippen LogP contribution < -0.4 is 5.32 Å². The van der Waals surface area contributed by atoms with Crippen LogP contribution in [0.1, 0.15) is 15.1 Å². The second-order valence-corrected chi connectivity index (χ2v) is 6.60. The van der Waals surface area contributed by atoms with Crippen LogP contribution in [0.2, 0.25) is 0 Å². The second kappa shape index (κ2) is 4.45. The Morgan fingerprint density at radius 1 is 1.73 bits per heavy atom. The zero-order valence-corrected chi connectivity index (χ0v) is 11.2. The van der Waals surface area contributed by atoms with Crippen LogP contribution in [0, 0.1) is 6.92 Å². The van der Waals surface area contributed by atoms with Gasteiger partial charge >= 0.3 is 5.97 Å². The van der Waals surface area contributed by atoms with Gasteiger partial charge in [-0.2, -0.15) is 0 Å². The highest BCUT2D eigenvalue weighted by Crippen LogP contribution is 2.39. The van der Waals surface area contributed by atoms with Crippen LogP contribution in [0.3, 0.4) is 0 Å². The maximum atomic E-state index is 10.8. The molecule has 15 heavy (non-hydrogen) atoms. The van der Waals surface area contributed by atoms with Crippen molar-refractivity contribution in [3.63, 3.8) is 0 Å². The second-order valence-electron chi connectivity index (χ2n) is 3.32. The Hall–Kier alpha value is -0.0400. The van der Waals surface area contributed by atoms with Gasteiger partial charge in [-0.3, -0.25) is 10.1 Å². The molecule has 1 aromatic heterocycles. The minimum Gasteiger partial charge on any atom is -0.480 e. The van der Waals surface area contributed by atoms with E-state index in [2.05, 4.69) is 27.3 Å². The van der Waals surface area contributed by atoms with Gasteiger partial charge in [-0.1, -0.05) is 0 Å². The molecule has 1 aliphatic heterocycles. The summed E-state index contributed by atoms with van der Waals surface area (Å²) in [6.45, 7) is 2.05. The van der Waals surface area contributed by atoms with Crippen molar-refractivity contribution in [2.45, 2.75) is 18.3 Å². The quantitative estimate of drug-likeness (QED) is 0.882. The molecule has 2 rings (SSSR count). The molecule has 2 heterocycles. The number of thiophene rings is 1. The fourth-order valence-electron chi connectivity index (χ4n) is 1.39. The van der Waals surface area contributed by atoms with Crippen LogP contribution in [0.15, 0.2) is 10.5 Å². The third kappa shape index (κ3) is 2.38. The molecule has 0 aromatic carbocycles. The van der Waals surface area contributed by atoms with Crippen LogP contribution in [0.4, 0.5) is 0 Å². The number of halogens is 1. The minimum absolute atomic E-state index is 0.126. The molecule has 0 spiro atoms. The van der Waals surface area contributed by atoms with Gasteiger partial charge < -0.3 is 5.11 Å². The van der Waals surface area contributed by atoms with E-state index in [0.29, 0.717) is 5.75 Å². The number of aryl methyl sites for hydroxylation is 1. The van der Waals surface area contributed by atoms with Crippen molar-refractivity contribution in [2.75, 3.05) is 5.75 Å². The van der Waals surface area contributed by atoms with Gasteiger partial charge in [-0.05, 0) is 28.9 Å². The average Bonchev–Trinajstić information content (AvgIpc) is 2.74. The monoisotopic (exact) mass is 307 g/mol. The molecule has 1 fully saturated rings. The van der Waals surface area contributed by atoms with E-state index in [1.807, 2.05) is 6.92 Å². The summed E-state index contributed by atoms with van der Waals surface area (Å²) in [7, 11) is 0. The van der Waals surface area contributed by atoms with Crippen LogP contribution in [0.25, 0.3) is 0 Å². The number of thioether (sulfide) groups is 1. The summed E-state index contributed by atoms with van der Waals surface area (Å²) in [5.74, 6) is -0.133. The number of carboxylic acid groups (broad SMARTS) is 1. The van der Waals surface area contributed by atoms with Gasteiger partial charge in [0, 0.05) is 20.0 Å². The molecular weight excluding hydrogens is 298 g/mol. The van der Waals surface area contributed by atoms with Crippen LogP contribution in [-0.4, -0.2) is 22.9 Å². The molecule has 0 bridgehead atoms. The fourth-order valence-corrected chi connectivity index (χ4v) is 4.36. The smallest absolute Gasteiger partial charge is 0.321 e. The fraction of sp³-hybridized carbons (Fsp3) is 0.444. The van der Waals surface area contributed by atoms with Crippen LogP contribution >= 0.6 is 39.0 Å². The van der Waals surface area contributed by atoms with E-state index in [1.165, 1.54) is 9.75 Å². The first-order chi connectivity index (χ1) is 7.08. The van der Waals surface area contributed by atoms with Crippen molar-refractivity contribution in [2.24, 2.45) is 0 Å². The summed E-state index contributed by atoms with van der Waals surface area (Å²) in [6, 6.07) is 1.65. The normalized spacial score (nSPS) is 25.7. The molecule has 0 saturated carbocycles. The van der Waals surface area contributed by atoms with Crippen molar-refractivity contribution < 1.29 is 9.90 Å². The maximum absolute atomic E-state index is 10.8. The van der Waals surface area contributed by atoms with E-state index in [4.69, 9.17) is 5.11 Å². The summed E-state index contributed by atoms with van der Waals surface area (Å²) in [5, 5.41) is 12.1. The molecule has 0 amide bonds. The molecular formula is C9H10BrNO2S2. The number of nitrogens with one attached hydrogen (secondary N) is 1. The van der Waals surface area contributed by atoms with Crippen LogP contribution in [0.5, 0.6) is 0 Å². The lowest BCUT2D eigenvalue weighted by Crippen LogP contribution is -2.33. The van der Waals surface area contributed by atoms with Gasteiger partial charge in [0.2, 0.25) is 0 Å². The Morgan fingerprint density at radius 3 is 2.93 bits per heavy atom. The first-order valence-corrected chi connectivity index (χ1v) is 7.10. The lowest BCUT2D eigenvalue weighted by molar-refractivity contribution is -0.138. The Balaban J connectivity index is 2.11. The van der Waals surface area contributed by atoms with Crippen molar-refractivity contribution >= 4 is 45.0 Å². The van der Waals surface area contributed by atoms with Crippen molar-refractivity contribution in [3.05, 3.63) is 20.3 Å². The van der Waals surface area contributed by atoms with Gasteiger partial charge in [-0.25, -0.2) is 0 Å². The number of hydrogen-bond acceptors (Lipinski definition) is 4. The molecule has 3 nitrogen and oxygen atoms in total. The summed E-state index contributed by atoms with van der Waals surface area (Å²) >= 11 is 6.82. The molecule has 0 radical (unpaired) electrons. The van der Waals surface area contributed by atoms with Gasteiger partial charge in [0.1, 0.15) is 6.04 Å². The Kier molecular flexibility index (Phi) is 3.39. The Morgan fingerprint density at radius 2 is 2.47 bits per heavy atom. The molecule has 2 N–H and O–H groups in total. The van der Waals surface area contributed by atoms with Crippen molar-refractivity contribution in [3.8, 4) is 0 Å². The molecule has 6 heteroatoms. The first-order valence-electron chi connectivity index (χ1n) is 4.44. The lowest BCUT2D eigenvalue weighted by Gasteiger charge is -2.07. The van der Waals surface area contributed by atoms with E-state index < -0.39 is 12.0 Å². The van der Waals surface area contributed by atoms with Gasteiger partial charge in [0.05, 0.1) is 5.37 Å². The highest BCUT2D eigenvalue weighted by molar-refractivity contribution is 9.10. The summed E-state index contributed by atoms with van der Waals surface area (Å²) in [4.78, 5) is 13.2. The predicted octanol–water partition coefficient (Wildman–Crippen LogP) is 2.61. The summed E-state index contributed by atoms with van der Waals surface area (Å²) in [6.07, 6.45) is 0. The average molecular weight is 308 g/mol. The standard InChI is InChI=1S/C9H10BrNO2S2/c1-4-5(10)2-7(15-4)8-11-6(3-14-8)9(12)13/h2,6,8,11H,3H2,1H3,(H,12,13)/t6-,8?/m0/s1. The number of aliphatic carboxylic acids is 1. The van der Waals surface area contributed by atoms with E-state index in [9.17, 15) is 4.79 Å². The SMILES string of the molecule is Cc1sc(C2N[C@H](C(=O)O)CS2)cc1Br.